The summed E-state index contributed by atoms with van der Waals surface area (Å²) in [4.78, 5) is 4.98. The first-order valence-corrected chi connectivity index (χ1v) is 6.69. The van der Waals surface area contributed by atoms with Gasteiger partial charge in [-0.25, -0.2) is 0 Å². The van der Waals surface area contributed by atoms with Crippen molar-refractivity contribution in [2.75, 3.05) is 46.8 Å². The van der Waals surface area contributed by atoms with Gasteiger partial charge in [0.05, 0.1) is 0 Å². The van der Waals surface area contributed by atoms with Gasteiger partial charge in [0.25, 0.3) is 0 Å². The lowest BCUT2D eigenvalue weighted by molar-refractivity contribution is 0.211. The Hall–Kier alpha value is -0.120. The van der Waals surface area contributed by atoms with E-state index < -0.39 is 0 Å². The lowest BCUT2D eigenvalue weighted by atomic mass is 9.99. The molecule has 0 saturated carbocycles. The third-order valence-corrected chi connectivity index (χ3v) is 4.13. The first kappa shape index (κ1) is 12.3. The van der Waals surface area contributed by atoms with Crippen LogP contribution in [0.2, 0.25) is 0 Å². The molecule has 0 aromatic heterocycles. The summed E-state index contributed by atoms with van der Waals surface area (Å²) in [6.07, 6.45) is 4.06. The van der Waals surface area contributed by atoms with Gasteiger partial charge in [-0.1, -0.05) is 0 Å². The molecule has 1 N–H and O–H groups in total. The number of nitrogens with one attached hydrogen (secondary N) is 1. The SMILES string of the molecule is CN1CCC(CN(C)CC2(C)CCCN2)C1. The monoisotopic (exact) mass is 225 g/mol. The fraction of sp³-hybridized carbons (Fsp3) is 1.00. The highest BCUT2D eigenvalue weighted by molar-refractivity contribution is 4.91. The quantitative estimate of drug-likeness (QED) is 0.770. The maximum atomic E-state index is 3.65. The number of rotatable bonds is 4. The van der Waals surface area contributed by atoms with Gasteiger partial charge in [-0.05, 0) is 59.3 Å². The second-order valence-electron chi connectivity index (χ2n) is 6.20. The third-order valence-electron chi connectivity index (χ3n) is 4.13. The van der Waals surface area contributed by atoms with Crippen LogP contribution in [0.15, 0.2) is 0 Å². The van der Waals surface area contributed by atoms with Gasteiger partial charge in [-0.3, -0.25) is 0 Å². The van der Waals surface area contributed by atoms with E-state index in [1.807, 2.05) is 0 Å². The van der Waals surface area contributed by atoms with Crippen LogP contribution < -0.4 is 5.32 Å². The van der Waals surface area contributed by atoms with Crippen molar-refractivity contribution >= 4 is 0 Å². The molecule has 16 heavy (non-hydrogen) atoms. The number of hydrogen-bond donors (Lipinski definition) is 1. The van der Waals surface area contributed by atoms with Crippen molar-refractivity contribution in [1.29, 1.82) is 0 Å². The van der Waals surface area contributed by atoms with Crippen molar-refractivity contribution in [3.63, 3.8) is 0 Å². The first-order valence-electron chi connectivity index (χ1n) is 6.69. The van der Waals surface area contributed by atoms with E-state index in [4.69, 9.17) is 0 Å². The van der Waals surface area contributed by atoms with Crippen molar-refractivity contribution in [2.24, 2.45) is 5.92 Å². The summed E-state index contributed by atoms with van der Waals surface area (Å²) in [7, 11) is 4.52. The van der Waals surface area contributed by atoms with Gasteiger partial charge in [0.2, 0.25) is 0 Å². The Morgan fingerprint density at radius 1 is 1.50 bits per heavy atom. The molecule has 94 valence electrons. The summed E-state index contributed by atoms with van der Waals surface area (Å²) in [5, 5.41) is 3.65. The van der Waals surface area contributed by atoms with Gasteiger partial charge in [0, 0.05) is 25.2 Å². The van der Waals surface area contributed by atoms with E-state index in [1.165, 1.54) is 52.0 Å². The van der Waals surface area contributed by atoms with Gasteiger partial charge in [0.15, 0.2) is 0 Å². The lowest BCUT2D eigenvalue weighted by Crippen LogP contribution is -2.47. The van der Waals surface area contributed by atoms with Crippen LogP contribution in [0.5, 0.6) is 0 Å². The van der Waals surface area contributed by atoms with Crippen LogP contribution in [-0.2, 0) is 0 Å². The molecule has 2 fully saturated rings. The van der Waals surface area contributed by atoms with Crippen LogP contribution in [0.4, 0.5) is 0 Å². The standard InChI is InChI=1S/C13H27N3/c1-13(6-4-7-14-13)11-16(3)10-12-5-8-15(2)9-12/h12,14H,4-11H2,1-3H3. The van der Waals surface area contributed by atoms with Crippen LogP contribution in [0.3, 0.4) is 0 Å². The van der Waals surface area contributed by atoms with Crippen LogP contribution >= 0.6 is 0 Å². The van der Waals surface area contributed by atoms with Crippen LogP contribution in [0.1, 0.15) is 26.2 Å². The van der Waals surface area contributed by atoms with Gasteiger partial charge in [-0.2, -0.15) is 0 Å². The molecule has 0 aromatic rings. The molecule has 3 heteroatoms. The summed E-state index contributed by atoms with van der Waals surface area (Å²) < 4.78 is 0. The normalized spacial score (nSPS) is 36.4. The van der Waals surface area contributed by atoms with E-state index in [1.54, 1.807) is 0 Å². The highest BCUT2D eigenvalue weighted by atomic mass is 15.2. The fourth-order valence-electron chi connectivity index (χ4n) is 3.37. The van der Waals surface area contributed by atoms with Crippen LogP contribution in [-0.4, -0.2) is 62.2 Å². The average Bonchev–Trinajstić information content (AvgIpc) is 2.75. The van der Waals surface area contributed by atoms with Gasteiger partial charge < -0.3 is 15.1 Å². The van der Waals surface area contributed by atoms with E-state index in [2.05, 4.69) is 36.1 Å². The highest BCUT2D eigenvalue weighted by Crippen LogP contribution is 2.21. The molecule has 0 aromatic carbocycles. The summed E-state index contributed by atoms with van der Waals surface area (Å²) >= 11 is 0. The molecule has 0 spiro atoms. The molecule has 0 amide bonds. The van der Waals surface area contributed by atoms with Crippen molar-refractivity contribution < 1.29 is 0 Å². The molecular formula is C13H27N3. The van der Waals surface area contributed by atoms with E-state index in [-0.39, 0.29) is 0 Å². The van der Waals surface area contributed by atoms with E-state index in [0.717, 1.165) is 5.92 Å². The molecule has 2 aliphatic heterocycles. The smallest absolute Gasteiger partial charge is 0.0280 e. The molecule has 2 atom stereocenters. The lowest BCUT2D eigenvalue weighted by Gasteiger charge is -2.31. The van der Waals surface area contributed by atoms with E-state index in [0.29, 0.717) is 5.54 Å². The molecule has 2 aliphatic rings. The topological polar surface area (TPSA) is 18.5 Å². The van der Waals surface area contributed by atoms with Crippen molar-refractivity contribution in [3.8, 4) is 0 Å². The molecule has 2 unspecified atom stereocenters. The Morgan fingerprint density at radius 3 is 2.88 bits per heavy atom. The summed E-state index contributed by atoms with van der Waals surface area (Å²) in [5.41, 5.74) is 0.374. The molecule has 0 radical (unpaired) electrons. The third kappa shape index (κ3) is 3.19. The minimum absolute atomic E-state index is 0.374. The van der Waals surface area contributed by atoms with Gasteiger partial charge in [0.1, 0.15) is 0 Å². The second-order valence-corrected chi connectivity index (χ2v) is 6.20. The maximum Gasteiger partial charge on any atom is 0.0280 e. The number of hydrogen-bond acceptors (Lipinski definition) is 3. The van der Waals surface area contributed by atoms with Crippen LogP contribution in [0, 0.1) is 5.92 Å². The van der Waals surface area contributed by atoms with E-state index in [9.17, 15) is 0 Å². The minimum Gasteiger partial charge on any atom is -0.310 e. The van der Waals surface area contributed by atoms with Crippen LogP contribution in [0.25, 0.3) is 0 Å². The minimum atomic E-state index is 0.374. The zero-order valence-corrected chi connectivity index (χ0v) is 11.1. The molecule has 2 heterocycles. The van der Waals surface area contributed by atoms with Crippen molar-refractivity contribution in [3.05, 3.63) is 0 Å². The first-order chi connectivity index (χ1) is 7.57. The molecule has 0 bridgehead atoms. The van der Waals surface area contributed by atoms with Crippen molar-refractivity contribution in [1.82, 2.24) is 15.1 Å². The Morgan fingerprint density at radius 2 is 2.31 bits per heavy atom. The zero-order valence-electron chi connectivity index (χ0n) is 11.1. The van der Waals surface area contributed by atoms with Gasteiger partial charge in [-0.15, -0.1) is 0 Å². The predicted molar refractivity (Wildman–Crippen MR) is 68.7 cm³/mol. The summed E-state index contributed by atoms with van der Waals surface area (Å²) in [6.45, 7) is 8.62. The molecule has 2 rings (SSSR count). The van der Waals surface area contributed by atoms with Gasteiger partial charge >= 0.3 is 0 Å². The number of nitrogens with zero attached hydrogens (tertiary/aromatic N) is 2. The Kier molecular flexibility index (Phi) is 3.88. The molecule has 3 nitrogen and oxygen atoms in total. The summed E-state index contributed by atoms with van der Waals surface area (Å²) in [6, 6.07) is 0. The summed E-state index contributed by atoms with van der Waals surface area (Å²) in [5.74, 6) is 0.889. The number of likely N-dealkylation sites (tertiary alicyclic amines) is 1. The second kappa shape index (κ2) is 5.03. The molecule has 2 saturated heterocycles. The highest BCUT2D eigenvalue weighted by Gasteiger charge is 2.30. The Balaban J connectivity index is 1.73. The molecular weight excluding hydrogens is 198 g/mol. The maximum absolute atomic E-state index is 3.65. The Labute approximate surface area is 100 Å². The Bertz CT molecular complexity index is 223. The largest absolute Gasteiger partial charge is 0.310 e. The fourth-order valence-corrected chi connectivity index (χ4v) is 3.37. The van der Waals surface area contributed by atoms with E-state index >= 15 is 0 Å². The predicted octanol–water partition coefficient (Wildman–Crippen LogP) is 1.01. The number of likely N-dealkylation sites (N-methyl/N-ethyl adjacent to an activating group) is 1. The zero-order chi connectivity index (χ0) is 11.6. The molecule has 0 aliphatic carbocycles. The average molecular weight is 225 g/mol. The van der Waals surface area contributed by atoms with Crippen molar-refractivity contribution in [2.45, 2.75) is 31.7 Å².